The lowest BCUT2D eigenvalue weighted by Gasteiger charge is -2.19. The van der Waals surface area contributed by atoms with Gasteiger partial charge in [-0.3, -0.25) is 14.5 Å². The number of hydrogen-bond donors (Lipinski definition) is 0. The van der Waals surface area contributed by atoms with Crippen LogP contribution in [0.15, 0.2) is 36.8 Å². The summed E-state index contributed by atoms with van der Waals surface area (Å²) in [4.78, 5) is 16.0. The molecule has 0 radical (unpaired) electrons. The van der Waals surface area contributed by atoms with E-state index in [1.807, 2.05) is 0 Å². The second-order valence-electron chi connectivity index (χ2n) is 6.56. The molecule has 1 aromatic carbocycles. The Morgan fingerprint density at radius 3 is 2.77 bits per heavy atom. The first-order chi connectivity index (χ1) is 14.3. The molecule has 0 N–H and O–H groups in total. The Hall–Kier alpha value is -2.64. The van der Waals surface area contributed by atoms with Crippen molar-refractivity contribution >= 4 is 29.2 Å². The van der Waals surface area contributed by atoms with Crippen molar-refractivity contribution in [3.63, 3.8) is 0 Å². The monoisotopic (exact) mass is 451 g/mol. The molecule has 1 atom stereocenters. The average molecular weight is 452 g/mol. The molecule has 1 unspecified atom stereocenters. The minimum absolute atomic E-state index is 0.0179. The van der Waals surface area contributed by atoms with Crippen molar-refractivity contribution in [2.45, 2.75) is 33.4 Å². The molecule has 3 aromatic rings. The van der Waals surface area contributed by atoms with E-state index in [2.05, 4.69) is 10.1 Å². The number of rotatable bonds is 7. The number of nitrogens with zero attached hydrogens (tertiary/aromatic N) is 3. The molecule has 0 saturated carbocycles. The molecule has 2 heterocycles. The van der Waals surface area contributed by atoms with Crippen LogP contribution in [0.3, 0.4) is 0 Å². The summed E-state index contributed by atoms with van der Waals surface area (Å²) in [5, 5.41) is 4.42. The third-order valence-corrected chi connectivity index (χ3v) is 5.11. The Morgan fingerprint density at radius 2 is 2.03 bits per heavy atom. The predicted molar refractivity (Wildman–Crippen MR) is 112 cm³/mol. The fourth-order valence-corrected chi connectivity index (χ4v) is 3.57. The Bertz CT molecular complexity index is 1070. The van der Waals surface area contributed by atoms with Gasteiger partial charge in [0.25, 0.3) is 0 Å². The van der Waals surface area contributed by atoms with Gasteiger partial charge in [-0.1, -0.05) is 23.2 Å². The van der Waals surface area contributed by atoms with E-state index in [1.165, 1.54) is 16.8 Å². The van der Waals surface area contributed by atoms with Crippen LogP contribution in [0.1, 0.15) is 31.2 Å². The number of aromatic nitrogens is 3. The molecule has 158 valence electrons. The highest BCUT2D eigenvalue weighted by Gasteiger charge is 2.20. The third-order valence-electron chi connectivity index (χ3n) is 4.39. The van der Waals surface area contributed by atoms with E-state index in [9.17, 15) is 9.18 Å². The highest BCUT2D eigenvalue weighted by Crippen LogP contribution is 2.36. The lowest BCUT2D eigenvalue weighted by Crippen LogP contribution is -2.13. The molecular formula is C21H20Cl2FN3O3. The molecule has 0 aliphatic heterocycles. The van der Waals surface area contributed by atoms with Gasteiger partial charge in [0, 0.05) is 34.1 Å². The SMILES string of the molecule is CCOC(=O)Cn1cc(-c2cnc(C)c(OC(C)c3c(Cl)ccc(F)c3Cl)c2)cn1. The summed E-state index contributed by atoms with van der Waals surface area (Å²) in [6.07, 6.45) is 4.42. The van der Waals surface area contributed by atoms with Gasteiger partial charge in [0.05, 0.1) is 23.5 Å². The van der Waals surface area contributed by atoms with Crippen LogP contribution in [0.4, 0.5) is 4.39 Å². The Balaban J connectivity index is 1.84. The number of carbonyl (C=O) groups excluding carboxylic acids is 1. The van der Waals surface area contributed by atoms with E-state index in [0.29, 0.717) is 28.6 Å². The minimum atomic E-state index is -0.608. The van der Waals surface area contributed by atoms with E-state index in [-0.39, 0.29) is 17.5 Å². The summed E-state index contributed by atoms with van der Waals surface area (Å²) in [5.41, 5.74) is 2.51. The van der Waals surface area contributed by atoms with Gasteiger partial charge < -0.3 is 9.47 Å². The molecule has 2 aromatic heterocycles. The molecule has 0 aliphatic rings. The van der Waals surface area contributed by atoms with E-state index in [1.54, 1.807) is 45.4 Å². The molecule has 9 heteroatoms. The van der Waals surface area contributed by atoms with Gasteiger partial charge in [0.1, 0.15) is 24.2 Å². The van der Waals surface area contributed by atoms with Gasteiger partial charge in [-0.15, -0.1) is 0 Å². The van der Waals surface area contributed by atoms with Crippen LogP contribution in [-0.2, 0) is 16.1 Å². The standard InChI is InChI=1S/C21H20Cl2FN3O3/c1-4-29-19(28)11-27-10-15(9-26-27)14-7-18(12(2)25-8-14)30-13(3)20-16(22)5-6-17(24)21(20)23/h5-10,13H,4,11H2,1-3H3. The summed E-state index contributed by atoms with van der Waals surface area (Å²) >= 11 is 12.3. The van der Waals surface area contributed by atoms with Crippen LogP contribution in [-0.4, -0.2) is 27.3 Å². The quantitative estimate of drug-likeness (QED) is 0.355. The molecule has 0 amide bonds. The number of esters is 1. The Morgan fingerprint density at radius 1 is 1.27 bits per heavy atom. The van der Waals surface area contributed by atoms with E-state index in [4.69, 9.17) is 32.7 Å². The van der Waals surface area contributed by atoms with Crippen molar-refractivity contribution < 1.29 is 18.7 Å². The molecule has 30 heavy (non-hydrogen) atoms. The van der Waals surface area contributed by atoms with Crippen LogP contribution in [0, 0.1) is 12.7 Å². The fraction of sp³-hybridized carbons (Fsp3) is 0.286. The van der Waals surface area contributed by atoms with Crippen molar-refractivity contribution in [1.82, 2.24) is 14.8 Å². The number of aryl methyl sites for hydroxylation is 1. The third kappa shape index (κ3) is 4.91. The van der Waals surface area contributed by atoms with Crippen molar-refractivity contribution in [2.24, 2.45) is 0 Å². The molecule has 0 aliphatic carbocycles. The van der Waals surface area contributed by atoms with Gasteiger partial charge in [-0.05, 0) is 39.0 Å². The largest absolute Gasteiger partial charge is 0.484 e. The molecule has 3 rings (SSSR count). The summed E-state index contributed by atoms with van der Waals surface area (Å²) in [5.74, 6) is -0.436. The van der Waals surface area contributed by atoms with Crippen LogP contribution in [0.5, 0.6) is 5.75 Å². The van der Waals surface area contributed by atoms with E-state index >= 15 is 0 Å². The van der Waals surface area contributed by atoms with Gasteiger partial charge in [0.15, 0.2) is 0 Å². The fourth-order valence-electron chi connectivity index (χ4n) is 2.89. The molecule has 0 spiro atoms. The molecule has 0 bridgehead atoms. The van der Waals surface area contributed by atoms with Crippen LogP contribution in [0.25, 0.3) is 11.1 Å². The van der Waals surface area contributed by atoms with Gasteiger partial charge in [0.2, 0.25) is 0 Å². The maximum absolute atomic E-state index is 13.9. The first-order valence-electron chi connectivity index (χ1n) is 9.25. The van der Waals surface area contributed by atoms with Crippen LogP contribution < -0.4 is 4.74 Å². The highest BCUT2D eigenvalue weighted by molar-refractivity contribution is 6.36. The molecular weight excluding hydrogens is 432 g/mol. The Labute approximate surface area is 183 Å². The van der Waals surface area contributed by atoms with Gasteiger partial charge in [-0.25, -0.2) is 4.39 Å². The number of pyridine rings is 1. The summed E-state index contributed by atoms with van der Waals surface area (Å²) in [6.45, 7) is 5.61. The normalized spacial score (nSPS) is 11.9. The van der Waals surface area contributed by atoms with Crippen LogP contribution in [0.2, 0.25) is 10.0 Å². The van der Waals surface area contributed by atoms with Crippen molar-refractivity contribution in [2.75, 3.05) is 6.61 Å². The summed E-state index contributed by atoms with van der Waals surface area (Å²) in [7, 11) is 0. The zero-order chi connectivity index (χ0) is 21.8. The molecule has 6 nitrogen and oxygen atoms in total. The zero-order valence-corrected chi connectivity index (χ0v) is 18.2. The second-order valence-corrected chi connectivity index (χ2v) is 7.34. The number of benzene rings is 1. The Kier molecular flexibility index (Phi) is 6.95. The minimum Gasteiger partial charge on any atom is -0.484 e. The molecule has 0 saturated heterocycles. The summed E-state index contributed by atoms with van der Waals surface area (Å²) in [6, 6.07) is 4.45. The van der Waals surface area contributed by atoms with Gasteiger partial charge in [-0.2, -0.15) is 5.10 Å². The number of hydrogen-bond acceptors (Lipinski definition) is 5. The number of carbonyl (C=O) groups is 1. The van der Waals surface area contributed by atoms with Crippen molar-refractivity contribution in [1.29, 1.82) is 0 Å². The van der Waals surface area contributed by atoms with E-state index < -0.39 is 11.9 Å². The smallest absolute Gasteiger partial charge is 0.327 e. The second kappa shape index (κ2) is 9.45. The lowest BCUT2D eigenvalue weighted by atomic mass is 10.1. The number of ether oxygens (including phenoxy) is 2. The predicted octanol–water partition coefficient (Wildman–Crippen LogP) is 5.40. The lowest BCUT2D eigenvalue weighted by molar-refractivity contribution is -0.144. The highest BCUT2D eigenvalue weighted by atomic mass is 35.5. The maximum atomic E-state index is 13.9. The average Bonchev–Trinajstić information content (AvgIpc) is 3.15. The first kappa shape index (κ1) is 22.1. The topological polar surface area (TPSA) is 66.2 Å². The molecule has 0 fully saturated rings. The van der Waals surface area contributed by atoms with Crippen molar-refractivity contribution in [3.8, 4) is 16.9 Å². The van der Waals surface area contributed by atoms with E-state index in [0.717, 1.165) is 11.1 Å². The van der Waals surface area contributed by atoms with Crippen molar-refractivity contribution in [3.05, 3.63) is 63.9 Å². The first-order valence-corrected chi connectivity index (χ1v) is 10.0. The maximum Gasteiger partial charge on any atom is 0.327 e. The number of halogens is 3. The zero-order valence-electron chi connectivity index (χ0n) is 16.7. The van der Waals surface area contributed by atoms with Crippen LogP contribution >= 0.6 is 23.2 Å². The van der Waals surface area contributed by atoms with Gasteiger partial charge >= 0.3 is 5.97 Å². The summed E-state index contributed by atoms with van der Waals surface area (Å²) < 4.78 is 26.3.